The predicted molar refractivity (Wildman–Crippen MR) is 120 cm³/mol. The van der Waals surface area contributed by atoms with Gasteiger partial charge in [0.25, 0.3) is 10.0 Å². The van der Waals surface area contributed by atoms with E-state index in [2.05, 4.69) is 6.92 Å². The second-order valence-corrected chi connectivity index (χ2v) is 10.2. The fourth-order valence-corrected chi connectivity index (χ4v) is 5.80. The second-order valence-electron chi connectivity index (χ2n) is 8.46. The third-order valence-electron chi connectivity index (χ3n) is 6.11. The Morgan fingerprint density at radius 1 is 1.10 bits per heavy atom. The monoisotopic (exact) mass is 441 g/mol. The Morgan fingerprint density at radius 2 is 1.84 bits per heavy atom. The van der Waals surface area contributed by atoms with Crippen molar-refractivity contribution in [1.29, 1.82) is 0 Å². The summed E-state index contributed by atoms with van der Waals surface area (Å²) < 4.78 is 27.6. The van der Waals surface area contributed by atoms with E-state index in [9.17, 15) is 18.0 Å². The third kappa shape index (κ3) is 3.80. The van der Waals surface area contributed by atoms with Gasteiger partial charge in [0.2, 0.25) is 5.91 Å². The molecule has 2 aromatic rings. The molecular weight excluding hydrogens is 414 g/mol. The van der Waals surface area contributed by atoms with Gasteiger partial charge >= 0.3 is 6.03 Å². The number of likely N-dealkylation sites (tertiary alicyclic amines) is 1. The predicted octanol–water partition coefficient (Wildman–Crippen LogP) is 3.70. The van der Waals surface area contributed by atoms with Gasteiger partial charge < -0.3 is 4.90 Å². The standard InChI is InChI=1S/C23H27N3O4S/c1-16-7-6-12-24(14-16)22(27)15-25-20-8-4-5-9-21(20)31(29,30)26(23(25)28)19-11-10-17(2)18(3)13-19/h4-5,8-11,13,16H,6-7,12,14-15H2,1-3H3/t16-/m0/s1. The average molecular weight is 442 g/mol. The quantitative estimate of drug-likeness (QED) is 0.728. The molecule has 1 atom stereocenters. The summed E-state index contributed by atoms with van der Waals surface area (Å²) in [5.74, 6) is 0.239. The Morgan fingerprint density at radius 3 is 2.55 bits per heavy atom. The van der Waals surface area contributed by atoms with E-state index in [1.807, 2.05) is 13.8 Å². The van der Waals surface area contributed by atoms with Gasteiger partial charge in [0.15, 0.2) is 0 Å². The van der Waals surface area contributed by atoms with Gasteiger partial charge in [-0.15, -0.1) is 0 Å². The Labute approximate surface area is 183 Å². The average Bonchev–Trinajstić information content (AvgIpc) is 2.73. The molecule has 0 N–H and O–H groups in total. The van der Waals surface area contributed by atoms with Crippen molar-refractivity contribution in [2.75, 3.05) is 28.8 Å². The summed E-state index contributed by atoms with van der Waals surface area (Å²) in [5, 5.41) is 0. The number of carbonyl (C=O) groups excluding carboxylic acids is 2. The number of amides is 3. The molecule has 7 nitrogen and oxygen atoms in total. The molecule has 0 unspecified atom stereocenters. The first-order chi connectivity index (χ1) is 14.7. The van der Waals surface area contributed by atoms with Crippen molar-refractivity contribution in [3.8, 4) is 0 Å². The fraction of sp³-hybridized carbons (Fsp3) is 0.391. The number of hydrogen-bond acceptors (Lipinski definition) is 4. The van der Waals surface area contributed by atoms with Crippen LogP contribution in [0.15, 0.2) is 47.4 Å². The zero-order valence-corrected chi connectivity index (χ0v) is 18.9. The summed E-state index contributed by atoms with van der Waals surface area (Å²) in [7, 11) is -4.10. The second kappa shape index (κ2) is 8.00. The molecule has 2 aliphatic heterocycles. The molecule has 164 valence electrons. The molecule has 4 rings (SSSR count). The molecule has 0 radical (unpaired) electrons. The van der Waals surface area contributed by atoms with E-state index in [0.717, 1.165) is 28.3 Å². The first kappa shape index (κ1) is 21.4. The van der Waals surface area contributed by atoms with Gasteiger partial charge in [0, 0.05) is 13.1 Å². The number of piperidine rings is 1. The van der Waals surface area contributed by atoms with Crippen LogP contribution in [-0.2, 0) is 14.8 Å². The van der Waals surface area contributed by atoms with Crippen LogP contribution >= 0.6 is 0 Å². The van der Waals surface area contributed by atoms with Gasteiger partial charge in [0.1, 0.15) is 11.4 Å². The summed E-state index contributed by atoms with van der Waals surface area (Å²) in [6, 6.07) is 10.7. The molecule has 8 heteroatoms. The van der Waals surface area contributed by atoms with Crippen LogP contribution in [0.25, 0.3) is 0 Å². The lowest BCUT2D eigenvalue weighted by molar-refractivity contribution is -0.131. The van der Waals surface area contributed by atoms with Crippen LogP contribution in [0.2, 0.25) is 0 Å². The Hall–Kier alpha value is -2.87. The number of urea groups is 1. The molecule has 1 fully saturated rings. The van der Waals surface area contributed by atoms with Crippen LogP contribution in [0, 0.1) is 19.8 Å². The highest BCUT2D eigenvalue weighted by molar-refractivity contribution is 7.94. The molecule has 3 amide bonds. The minimum absolute atomic E-state index is 0.0210. The maximum atomic E-state index is 13.5. The minimum atomic E-state index is -4.10. The SMILES string of the molecule is Cc1ccc(N2C(=O)N(CC(=O)N3CCC[C@H](C)C3)c3ccccc3S2(=O)=O)cc1C. The fourth-order valence-electron chi connectivity index (χ4n) is 4.22. The van der Waals surface area contributed by atoms with Crippen LogP contribution in [0.3, 0.4) is 0 Å². The van der Waals surface area contributed by atoms with Crippen LogP contribution in [0.5, 0.6) is 0 Å². The molecule has 0 spiro atoms. The van der Waals surface area contributed by atoms with E-state index in [4.69, 9.17) is 0 Å². The van der Waals surface area contributed by atoms with Crippen molar-refractivity contribution in [2.24, 2.45) is 5.92 Å². The number of aryl methyl sites for hydroxylation is 2. The number of hydrogen-bond donors (Lipinski definition) is 0. The first-order valence-corrected chi connectivity index (χ1v) is 11.9. The molecule has 31 heavy (non-hydrogen) atoms. The van der Waals surface area contributed by atoms with Crippen LogP contribution < -0.4 is 9.21 Å². The maximum Gasteiger partial charge on any atom is 0.343 e. The zero-order valence-electron chi connectivity index (χ0n) is 18.0. The highest BCUT2D eigenvalue weighted by Crippen LogP contribution is 2.37. The highest BCUT2D eigenvalue weighted by Gasteiger charge is 2.43. The lowest BCUT2D eigenvalue weighted by Crippen LogP contribution is -2.54. The first-order valence-electron chi connectivity index (χ1n) is 10.5. The van der Waals surface area contributed by atoms with E-state index in [1.54, 1.807) is 41.3 Å². The number of para-hydroxylation sites is 1. The summed E-state index contributed by atoms with van der Waals surface area (Å²) in [6.45, 7) is 7.01. The molecule has 0 aliphatic carbocycles. The van der Waals surface area contributed by atoms with Crippen molar-refractivity contribution in [3.05, 3.63) is 53.6 Å². The van der Waals surface area contributed by atoms with Crippen LogP contribution in [0.1, 0.15) is 30.9 Å². The number of benzene rings is 2. The Bertz CT molecular complexity index is 1150. The summed E-state index contributed by atoms with van der Waals surface area (Å²) in [5.41, 5.74) is 2.39. The molecule has 0 saturated carbocycles. The maximum absolute atomic E-state index is 13.5. The van der Waals surface area contributed by atoms with Gasteiger partial charge in [-0.05, 0) is 68.0 Å². The van der Waals surface area contributed by atoms with Gasteiger partial charge in [-0.25, -0.2) is 13.2 Å². The van der Waals surface area contributed by atoms with Gasteiger partial charge in [0.05, 0.1) is 11.4 Å². The van der Waals surface area contributed by atoms with E-state index in [-0.39, 0.29) is 28.7 Å². The van der Waals surface area contributed by atoms with Crippen LogP contribution in [0.4, 0.5) is 16.2 Å². The van der Waals surface area contributed by atoms with Gasteiger partial charge in [-0.3, -0.25) is 9.69 Å². The normalized spacial score (nSPS) is 20.5. The number of fused-ring (bicyclic) bond motifs is 1. The minimum Gasteiger partial charge on any atom is -0.341 e. The molecular formula is C23H27N3O4S. The van der Waals surface area contributed by atoms with Crippen molar-refractivity contribution >= 4 is 33.3 Å². The van der Waals surface area contributed by atoms with Crippen LogP contribution in [-0.4, -0.2) is 44.9 Å². The topological polar surface area (TPSA) is 78.0 Å². The highest BCUT2D eigenvalue weighted by atomic mass is 32.2. The number of anilines is 2. The van der Waals surface area contributed by atoms with E-state index in [1.165, 1.54) is 11.0 Å². The number of nitrogens with zero attached hydrogens (tertiary/aromatic N) is 3. The third-order valence-corrected chi connectivity index (χ3v) is 7.86. The molecule has 2 aliphatic rings. The number of carbonyl (C=O) groups is 2. The number of sulfonamides is 1. The molecule has 0 aromatic heterocycles. The Kier molecular flexibility index (Phi) is 5.51. The van der Waals surface area contributed by atoms with E-state index >= 15 is 0 Å². The lowest BCUT2D eigenvalue weighted by Gasteiger charge is -2.38. The molecule has 2 aromatic carbocycles. The summed E-state index contributed by atoms with van der Waals surface area (Å²) in [6.07, 6.45) is 2.01. The van der Waals surface area contributed by atoms with Crippen molar-refractivity contribution in [2.45, 2.75) is 38.5 Å². The molecule has 1 saturated heterocycles. The lowest BCUT2D eigenvalue weighted by atomic mass is 10.0. The smallest absolute Gasteiger partial charge is 0.341 e. The van der Waals surface area contributed by atoms with Gasteiger partial charge in [-0.2, -0.15) is 4.31 Å². The molecule has 2 heterocycles. The van der Waals surface area contributed by atoms with Crippen molar-refractivity contribution in [1.82, 2.24) is 4.90 Å². The molecule has 0 bridgehead atoms. The van der Waals surface area contributed by atoms with E-state index in [0.29, 0.717) is 19.0 Å². The summed E-state index contributed by atoms with van der Waals surface area (Å²) in [4.78, 5) is 29.6. The van der Waals surface area contributed by atoms with E-state index < -0.39 is 16.1 Å². The van der Waals surface area contributed by atoms with Gasteiger partial charge in [-0.1, -0.05) is 25.1 Å². The van der Waals surface area contributed by atoms with Crippen molar-refractivity contribution < 1.29 is 18.0 Å². The number of rotatable bonds is 3. The zero-order chi connectivity index (χ0) is 22.3. The van der Waals surface area contributed by atoms with Crippen molar-refractivity contribution in [3.63, 3.8) is 0 Å². The summed E-state index contributed by atoms with van der Waals surface area (Å²) >= 11 is 0. The largest absolute Gasteiger partial charge is 0.343 e. The Balaban J connectivity index is 1.75.